The van der Waals surface area contributed by atoms with Gasteiger partial charge in [0.2, 0.25) is 0 Å². The predicted octanol–water partition coefficient (Wildman–Crippen LogP) is 7.40. The molecule has 0 radical (unpaired) electrons. The van der Waals surface area contributed by atoms with Gasteiger partial charge in [0.05, 0.1) is 10.6 Å². The van der Waals surface area contributed by atoms with Crippen LogP contribution in [0.2, 0.25) is 0 Å². The Labute approximate surface area is 189 Å². The van der Waals surface area contributed by atoms with E-state index < -0.39 is 4.92 Å². The topological polar surface area (TPSA) is 86.3 Å². The highest BCUT2D eigenvalue weighted by Crippen LogP contribution is 2.46. The maximum atomic E-state index is 11.8. The van der Waals surface area contributed by atoms with Gasteiger partial charge in [0.15, 0.2) is 5.69 Å². The fourth-order valence-corrected chi connectivity index (χ4v) is 4.27. The van der Waals surface area contributed by atoms with Crippen molar-refractivity contribution in [2.24, 2.45) is 10.2 Å². The molecule has 33 heavy (non-hydrogen) atoms. The first-order valence-electron chi connectivity index (χ1n) is 10.5. The zero-order valence-corrected chi connectivity index (χ0v) is 17.4. The molecule has 0 unspecified atom stereocenters. The van der Waals surface area contributed by atoms with Gasteiger partial charge in [-0.05, 0) is 41.5 Å². The molecule has 2 heterocycles. The Kier molecular flexibility index (Phi) is 4.40. The van der Waals surface area contributed by atoms with Gasteiger partial charge < -0.3 is 9.47 Å². The van der Waals surface area contributed by atoms with Crippen LogP contribution in [-0.4, -0.2) is 4.92 Å². The van der Waals surface area contributed by atoms with Gasteiger partial charge in [0.1, 0.15) is 23.0 Å². The summed E-state index contributed by atoms with van der Waals surface area (Å²) in [6.07, 6.45) is 1.12. The molecule has 6 rings (SSSR count). The van der Waals surface area contributed by atoms with Gasteiger partial charge >= 0.3 is 0 Å². The summed E-state index contributed by atoms with van der Waals surface area (Å²) in [5, 5.41) is 20.6. The molecule has 2 aliphatic rings. The van der Waals surface area contributed by atoms with Crippen LogP contribution >= 0.6 is 0 Å². The first-order chi connectivity index (χ1) is 16.2. The van der Waals surface area contributed by atoms with Crippen molar-refractivity contribution >= 4 is 17.1 Å². The van der Waals surface area contributed by atoms with E-state index in [1.807, 2.05) is 66.7 Å². The summed E-state index contributed by atoms with van der Waals surface area (Å²) in [6.45, 7) is 0. The molecular weight excluding hydrogens is 418 g/mol. The molecule has 0 saturated heterocycles. The molecule has 0 saturated carbocycles. The zero-order chi connectivity index (χ0) is 22.4. The number of hydrogen-bond donors (Lipinski definition) is 0. The minimum atomic E-state index is -0.436. The van der Waals surface area contributed by atoms with Crippen molar-refractivity contribution in [1.82, 2.24) is 0 Å². The summed E-state index contributed by atoms with van der Waals surface area (Å²) in [4.78, 5) is 11.3. The van der Waals surface area contributed by atoms with Crippen LogP contribution in [0.5, 0.6) is 23.0 Å². The molecule has 7 heteroatoms. The summed E-state index contributed by atoms with van der Waals surface area (Å²) in [5.74, 6) is 2.84. The smallest absolute Gasteiger partial charge is 0.297 e. The maximum Gasteiger partial charge on any atom is 0.297 e. The Morgan fingerprint density at radius 1 is 0.667 bits per heavy atom. The van der Waals surface area contributed by atoms with Gasteiger partial charge in [-0.25, -0.2) is 0 Å². The monoisotopic (exact) mass is 435 g/mol. The summed E-state index contributed by atoms with van der Waals surface area (Å²) >= 11 is 0. The van der Waals surface area contributed by atoms with Crippen LogP contribution in [-0.2, 0) is 12.8 Å². The lowest BCUT2D eigenvalue weighted by molar-refractivity contribution is -0.384. The number of benzene rings is 4. The zero-order valence-electron chi connectivity index (χ0n) is 17.4. The Morgan fingerprint density at radius 2 is 1.27 bits per heavy atom. The number of para-hydroxylation sites is 2. The number of azo groups is 1. The molecule has 0 bridgehead atoms. The van der Waals surface area contributed by atoms with Crippen LogP contribution in [0.25, 0.3) is 0 Å². The largest absolute Gasteiger partial charge is 0.457 e. The van der Waals surface area contributed by atoms with Crippen molar-refractivity contribution in [3.8, 4) is 23.0 Å². The van der Waals surface area contributed by atoms with E-state index in [9.17, 15) is 10.1 Å². The van der Waals surface area contributed by atoms with E-state index in [4.69, 9.17) is 9.47 Å². The van der Waals surface area contributed by atoms with Crippen molar-refractivity contribution in [1.29, 1.82) is 0 Å². The molecule has 4 aromatic rings. The normalized spacial score (nSPS) is 13.2. The maximum absolute atomic E-state index is 11.8. The number of nitrogens with zero attached hydrogens (tertiary/aromatic N) is 3. The number of nitro benzene ring substituents is 1. The molecule has 7 nitrogen and oxygen atoms in total. The average Bonchev–Trinajstić information content (AvgIpc) is 2.84. The molecule has 0 aliphatic carbocycles. The van der Waals surface area contributed by atoms with Crippen molar-refractivity contribution in [2.45, 2.75) is 12.8 Å². The van der Waals surface area contributed by atoms with E-state index in [-0.39, 0.29) is 11.4 Å². The molecule has 0 fully saturated rings. The van der Waals surface area contributed by atoms with Crippen LogP contribution in [0, 0.1) is 10.1 Å². The third-order valence-electron chi connectivity index (χ3n) is 5.90. The minimum absolute atomic E-state index is 0.105. The average molecular weight is 435 g/mol. The highest BCUT2D eigenvalue weighted by atomic mass is 16.6. The molecule has 160 valence electrons. The second-order valence-corrected chi connectivity index (χ2v) is 7.89. The van der Waals surface area contributed by atoms with Gasteiger partial charge in [-0.1, -0.05) is 42.5 Å². The van der Waals surface area contributed by atoms with Crippen LogP contribution in [0.4, 0.5) is 17.1 Å². The van der Waals surface area contributed by atoms with E-state index in [1.54, 1.807) is 6.07 Å². The summed E-state index contributed by atoms with van der Waals surface area (Å²) in [6, 6.07) is 24.1. The third kappa shape index (κ3) is 3.30. The fraction of sp³-hybridized carbons (Fsp3) is 0.0769. The first kappa shape index (κ1) is 19.2. The molecule has 0 amide bonds. The minimum Gasteiger partial charge on any atom is -0.457 e. The van der Waals surface area contributed by atoms with Crippen molar-refractivity contribution in [3.05, 3.63) is 111 Å². The predicted molar refractivity (Wildman–Crippen MR) is 122 cm³/mol. The van der Waals surface area contributed by atoms with Crippen LogP contribution < -0.4 is 9.47 Å². The summed E-state index contributed by atoms with van der Waals surface area (Å²) < 4.78 is 12.0. The van der Waals surface area contributed by atoms with E-state index >= 15 is 0 Å². The van der Waals surface area contributed by atoms with Crippen molar-refractivity contribution in [3.63, 3.8) is 0 Å². The lowest BCUT2D eigenvalue weighted by Crippen LogP contribution is -2.04. The van der Waals surface area contributed by atoms with E-state index in [0.29, 0.717) is 35.6 Å². The number of ether oxygens (including phenoxy) is 2. The molecule has 4 aromatic carbocycles. The SMILES string of the molecule is O=[N+]([O-])c1ccc2c(c1N=Nc1cccc3c1Cc1ccccc1O3)Cc1ccccc1O2. The van der Waals surface area contributed by atoms with E-state index in [2.05, 4.69) is 10.2 Å². The second-order valence-electron chi connectivity index (χ2n) is 7.89. The number of rotatable bonds is 3. The molecule has 0 spiro atoms. The van der Waals surface area contributed by atoms with Gasteiger partial charge in [-0.15, -0.1) is 10.2 Å². The third-order valence-corrected chi connectivity index (χ3v) is 5.90. The number of nitro groups is 1. The van der Waals surface area contributed by atoms with Gasteiger partial charge in [-0.3, -0.25) is 10.1 Å². The summed E-state index contributed by atoms with van der Waals surface area (Å²) in [5.41, 5.74) is 4.27. The van der Waals surface area contributed by atoms with E-state index in [1.165, 1.54) is 6.07 Å². The van der Waals surface area contributed by atoms with Crippen LogP contribution in [0.3, 0.4) is 0 Å². The Balaban J connectivity index is 1.43. The quantitative estimate of drug-likeness (QED) is 0.165. The highest BCUT2D eigenvalue weighted by molar-refractivity contribution is 5.70. The Morgan fingerprint density at radius 3 is 1.97 bits per heavy atom. The molecule has 0 aromatic heterocycles. The second kappa shape index (κ2) is 7.56. The fourth-order valence-electron chi connectivity index (χ4n) is 4.27. The number of fused-ring (bicyclic) bond motifs is 4. The van der Waals surface area contributed by atoms with Gasteiger partial charge in [0.25, 0.3) is 5.69 Å². The first-order valence-corrected chi connectivity index (χ1v) is 10.5. The lowest BCUT2D eigenvalue weighted by atomic mass is 9.98. The van der Waals surface area contributed by atoms with Crippen LogP contribution in [0.15, 0.2) is 89.1 Å². The van der Waals surface area contributed by atoms with E-state index in [0.717, 1.165) is 28.2 Å². The highest BCUT2D eigenvalue weighted by Gasteiger charge is 2.27. The van der Waals surface area contributed by atoms with Crippen molar-refractivity contribution in [2.75, 3.05) is 0 Å². The molecule has 0 atom stereocenters. The standard InChI is InChI=1S/C26H17N3O4/c30-29(31)21-12-13-25-19(15-17-7-2-4-10-23(17)33-25)26(21)28-27-20-8-5-11-24-18(20)14-16-6-1-3-9-22(16)32-24/h1-13H,14-15H2. The van der Waals surface area contributed by atoms with Crippen molar-refractivity contribution < 1.29 is 14.4 Å². The Bertz CT molecular complexity index is 1460. The van der Waals surface area contributed by atoms with Crippen LogP contribution in [0.1, 0.15) is 22.3 Å². The lowest BCUT2D eigenvalue weighted by Gasteiger charge is -2.21. The number of hydrogen-bond acceptors (Lipinski definition) is 6. The van der Waals surface area contributed by atoms with Gasteiger partial charge in [-0.2, -0.15) is 0 Å². The van der Waals surface area contributed by atoms with Gasteiger partial charge in [0, 0.05) is 30.0 Å². The molecule has 0 N–H and O–H groups in total. The molecular formula is C26H17N3O4. The molecule has 2 aliphatic heterocycles. The summed E-state index contributed by atoms with van der Waals surface area (Å²) in [7, 11) is 0. The Hall–Kier alpha value is -4.52.